The normalized spacial score (nSPS) is 11.5. The summed E-state index contributed by atoms with van der Waals surface area (Å²) in [4.78, 5) is 10.2. The number of anilines is 1. The predicted molar refractivity (Wildman–Crippen MR) is 126 cm³/mol. The van der Waals surface area contributed by atoms with E-state index in [-0.39, 0.29) is 18.1 Å². The molecule has 0 saturated heterocycles. The highest BCUT2D eigenvalue weighted by Gasteiger charge is 2.33. The smallest absolute Gasteiger partial charge is 0.416 e. The van der Waals surface area contributed by atoms with E-state index in [2.05, 4.69) is 10.5 Å². The van der Waals surface area contributed by atoms with Crippen molar-refractivity contribution in [2.75, 3.05) is 12.5 Å². The van der Waals surface area contributed by atoms with E-state index >= 15 is 0 Å². The van der Waals surface area contributed by atoms with Gasteiger partial charge in [-0.2, -0.15) is 18.3 Å². The summed E-state index contributed by atoms with van der Waals surface area (Å²) in [6, 6.07) is 11.4. The summed E-state index contributed by atoms with van der Waals surface area (Å²) < 4.78 is 63.7. The van der Waals surface area contributed by atoms with Crippen molar-refractivity contribution in [2.24, 2.45) is 5.10 Å². The van der Waals surface area contributed by atoms with Crippen molar-refractivity contribution in [1.29, 1.82) is 0 Å². The molecule has 0 amide bonds. The van der Waals surface area contributed by atoms with E-state index in [0.717, 1.165) is 12.1 Å². The highest BCUT2D eigenvalue weighted by Crippen LogP contribution is 2.36. The quantitative estimate of drug-likeness (QED) is 0.108. The van der Waals surface area contributed by atoms with Crippen LogP contribution in [0.4, 0.5) is 28.9 Å². The Morgan fingerprint density at radius 2 is 1.94 bits per heavy atom. The monoisotopic (exact) mass is 589 g/mol. The van der Waals surface area contributed by atoms with Gasteiger partial charge in [-0.25, -0.2) is 4.39 Å². The standard InChI is InChI=1S/C22H16F4IN3O4/c1-33-20-9-14(8-17(27)21(20)34-12-13-3-2-4-16(23)7-13)11-28-29-18-6-5-15(22(24,25)26)10-19(18)30(31)32/h2-11,29H,12H2,1H3/b28-11-. The molecule has 0 unspecified atom stereocenters. The van der Waals surface area contributed by atoms with Gasteiger partial charge < -0.3 is 9.47 Å². The van der Waals surface area contributed by atoms with Crippen molar-refractivity contribution in [2.45, 2.75) is 12.8 Å². The summed E-state index contributed by atoms with van der Waals surface area (Å²) in [6.45, 7) is 0.108. The number of nitro groups is 1. The lowest BCUT2D eigenvalue weighted by Crippen LogP contribution is -2.06. The fourth-order valence-corrected chi connectivity index (χ4v) is 3.65. The average molecular weight is 589 g/mol. The molecule has 7 nitrogen and oxygen atoms in total. The van der Waals surface area contributed by atoms with E-state index in [1.165, 1.54) is 25.5 Å². The number of nitro benzene ring substituents is 1. The van der Waals surface area contributed by atoms with Crippen molar-refractivity contribution in [3.63, 3.8) is 0 Å². The molecule has 0 aliphatic rings. The predicted octanol–water partition coefficient (Wildman–Crippen LogP) is 6.39. The van der Waals surface area contributed by atoms with Crippen molar-refractivity contribution in [3.8, 4) is 11.5 Å². The van der Waals surface area contributed by atoms with Crippen LogP contribution in [0.1, 0.15) is 16.7 Å². The van der Waals surface area contributed by atoms with Crippen LogP contribution in [0.15, 0.2) is 59.7 Å². The maximum atomic E-state index is 13.4. The minimum Gasteiger partial charge on any atom is -0.493 e. The van der Waals surface area contributed by atoms with Crippen molar-refractivity contribution in [1.82, 2.24) is 0 Å². The fraction of sp³-hybridized carbons (Fsp3) is 0.136. The van der Waals surface area contributed by atoms with E-state index in [4.69, 9.17) is 9.47 Å². The molecule has 1 N–H and O–H groups in total. The van der Waals surface area contributed by atoms with E-state index in [1.54, 1.807) is 24.3 Å². The summed E-state index contributed by atoms with van der Waals surface area (Å²) in [7, 11) is 1.44. The third kappa shape index (κ3) is 6.34. The molecule has 12 heteroatoms. The van der Waals surface area contributed by atoms with Gasteiger partial charge in [-0.05, 0) is 70.1 Å². The summed E-state index contributed by atoms with van der Waals surface area (Å²) in [5, 5.41) is 15.1. The molecule has 0 heterocycles. The van der Waals surface area contributed by atoms with Crippen LogP contribution in [0.5, 0.6) is 11.5 Å². The molecule has 0 aromatic heterocycles. The molecular weight excluding hydrogens is 573 g/mol. The molecule has 3 aromatic rings. The molecule has 3 rings (SSSR count). The highest BCUT2D eigenvalue weighted by molar-refractivity contribution is 14.1. The molecule has 0 saturated carbocycles. The lowest BCUT2D eigenvalue weighted by molar-refractivity contribution is -0.384. The van der Waals surface area contributed by atoms with E-state index in [0.29, 0.717) is 32.3 Å². The largest absolute Gasteiger partial charge is 0.493 e. The Bertz CT molecular complexity index is 1240. The molecule has 0 spiro atoms. The first-order chi connectivity index (χ1) is 16.1. The molecule has 0 aliphatic heterocycles. The molecule has 3 aromatic carbocycles. The lowest BCUT2D eigenvalue weighted by Gasteiger charge is -2.13. The molecule has 34 heavy (non-hydrogen) atoms. The maximum Gasteiger partial charge on any atom is 0.416 e. The van der Waals surface area contributed by atoms with Gasteiger partial charge in [-0.1, -0.05) is 12.1 Å². The zero-order valence-electron chi connectivity index (χ0n) is 17.4. The molecule has 178 valence electrons. The zero-order chi connectivity index (χ0) is 24.9. The first-order valence-electron chi connectivity index (χ1n) is 9.48. The Hall–Kier alpha value is -3.42. The number of halogens is 5. The summed E-state index contributed by atoms with van der Waals surface area (Å²) in [5.41, 5.74) is 1.45. The van der Waals surface area contributed by atoms with Crippen LogP contribution < -0.4 is 14.9 Å². The van der Waals surface area contributed by atoms with Gasteiger partial charge in [0.2, 0.25) is 0 Å². The van der Waals surface area contributed by atoms with Crippen LogP contribution >= 0.6 is 22.6 Å². The second-order valence-corrected chi connectivity index (χ2v) is 7.97. The van der Waals surface area contributed by atoms with E-state index < -0.39 is 22.4 Å². The number of alkyl halides is 3. The molecule has 0 fully saturated rings. The first kappa shape index (κ1) is 25.2. The van der Waals surface area contributed by atoms with Gasteiger partial charge in [0.05, 0.1) is 27.4 Å². The van der Waals surface area contributed by atoms with Gasteiger partial charge >= 0.3 is 6.18 Å². The third-order valence-corrected chi connectivity index (χ3v) is 5.25. The second kappa shape index (κ2) is 10.7. The van der Waals surface area contributed by atoms with Crippen molar-refractivity contribution in [3.05, 3.63) is 90.8 Å². The van der Waals surface area contributed by atoms with Gasteiger partial charge in [0.25, 0.3) is 5.69 Å². The maximum absolute atomic E-state index is 13.4. The SMILES string of the molecule is COc1cc(/C=N\Nc2ccc(C(F)(F)F)cc2[N+](=O)[O-])cc(I)c1OCc1cccc(F)c1. The number of nitrogens with zero attached hydrogens (tertiary/aromatic N) is 2. The van der Waals surface area contributed by atoms with Gasteiger partial charge in [-0.15, -0.1) is 0 Å². The van der Waals surface area contributed by atoms with Gasteiger partial charge in [-0.3, -0.25) is 15.5 Å². The number of hydrogen-bond donors (Lipinski definition) is 1. The second-order valence-electron chi connectivity index (χ2n) is 6.81. The summed E-state index contributed by atoms with van der Waals surface area (Å²) in [5.74, 6) is 0.413. The highest BCUT2D eigenvalue weighted by atomic mass is 127. The molecule has 0 bridgehead atoms. The van der Waals surface area contributed by atoms with Gasteiger partial charge in [0.15, 0.2) is 11.5 Å². The Kier molecular flexibility index (Phi) is 7.91. The Morgan fingerprint density at radius 1 is 1.18 bits per heavy atom. The number of ether oxygens (including phenoxy) is 2. The van der Waals surface area contributed by atoms with Crippen molar-refractivity contribution < 1.29 is 32.0 Å². The topological polar surface area (TPSA) is 86.0 Å². The third-order valence-electron chi connectivity index (χ3n) is 4.44. The first-order valence-corrected chi connectivity index (χ1v) is 10.6. The number of hydrogen-bond acceptors (Lipinski definition) is 6. The van der Waals surface area contributed by atoms with Crippen LogP contribution in [0.3, 0.4) is 0 Å². The van der Waals surface area contributed by atoms with Gasteiger partial charge in [0.1, 0.15) is 18.1 Å². The molecular formula is C22H16F4IN3O4. The number of methoxy groups -OCH3 is 1. The van der Waals surface area contributed by atoms with E-state index in [1.807, 2.05) is 22.6 Å². The fourth-order valence-electron chi connectivity index (χ4n) is 2.87. The van der Waals surface area contributed by atoms with Gasteiger partial charge in [0, 0.05) is 6.07 Å². The molecule has 0 aliphatic carbocycles. The number of rotatable bonds is 8. The van der Waals surface area contributed by atoms with Crippen LogP contribution in [0.25, 0.3) is 0 Å². The van der Waals surface area contributed by atoms with Crippen LogP contribution in [0, 0.1) is 19.5 Å². The van der Waals surface area contributed by atoms with Crippen molar-refractivity contribution >= 4 is 40.2 Å². The van der Waals surface area contributed by atoms with Crippen LogP contribution in [-0.4, -0.2) is 18.2 Å². The summed E-state index contributed by atoms with van der Waals surface area (Å²) in [6.07, 6.45) is -3.39. The molecule has 0 atom stereocenters. The molecule has 0 radical (unpaired) electrons. The Labute approximate surface area is 204 Å². The van der Waals surface area contributed by atoms with E-state index in [9.17, 15) is 27.7 Å². The number of hydrazone groups is 1. The number of nitrogens with one attached hydrogen (secondary N) is 1. The zero-order valence-corrected chi connectivity index (χ0v) is 19.6. The number of benzene rings is 3. The van der Waals surface area contributed by atoms with Crippen LogP contribution in [0.2, 0.25) is 0 Å². The minimum absolute atomic E-state index is 0.108. The van der Waals surface area contributed by atoms with Crippen LogP contribution in [-0.2, 0) is 12.8 Å². The Morgan fingerprint density at radius 3 is 2.59 bits per heavy atom. The summed E-state index contributed by atoms with van der Waals surface area (Å²) >= 11 is 2.02. The average Bonchev–Trinajstić information content (AvgIpc) is 2.77. The minimum atomic E-state index is -4.71. The lowest BCUT2D eigenvalue weighted by atomic mass is 10.1. The Balaban J connectivity index is 1.78.